The Kier molecular flexibility index (Phi) is 4.43. The van der Waals surface area contributed by atoms with Gasteiger partial charge in [0.1, 0.15) is 10.3 Å². The van der Waals surface area contributed by atoms with E-state index in [9.17, 15) is 4.79 Å². The minimum atomic E-state index is -0.218. The number of aromatic nitrogens is 1. The molecule has 18 heavy (non-hydrogen) atoms. The van der Waals surface area contributed by atoms with E-state index in [1.807, 2.05) is 6.92 Å². The fourth-order valence-corrected chi connectivity index (χ4v) is 2.33. The van der Waals surface area contributed by atoms with Crippen LogP contribution in [0, 0.1) is 0 Å². The van der Waals surface area contributed by atoms with Gasteiger partial charge in [0, 0.05) is 12.6 Å². The van der Waals surface area contributed by atoms with Crippen LogP contribution in [0.4, 0.5) is 0 Å². The molecule has 1 heterocycles. The summed E-state index contributed by atoms with van der Waals surface area (Å²) in [6.07, 6.45) is 1.95. The van der Waals surface area contributed by atoms with Crippen LogP contribution in [-0.2, 0) is 4.74 Å². The molecule has 0 aliphatic heterocycles. The molecule has 0 saturated heterocycles. The molecule has 1 fully saturated rings. The van der Waals surface area contributed by atoms with Crippen LogP contribution in [0.25, 0.3) is 0 Å². The zero-order chi connectivity index (χ0) is 13.1. The maximum atomic E-state index is 11.9. The average molecular weight is 289 g/mol. The maximum Gasteiger partial charge on any atom is 0.254 e. The molecule has 4 nitrogen and oxygen atoms in total. The fraction of sp³-hybridized carbons (Fsp3) is 0.500. The SMILES string of the molecule is CCOC1CC(NC(=O)c2ccc(Cl)nc2Cl)C1. The van der Waals surface area contributed by atoms with Gasteiger partial charge in [-0.2, -0.15) is 0 Å². The van der Waals surface area contributed by atoms with Crippen LogP contribution in [-0.4, -0.2) is 29.6 Å². The summed E-state index contributed by atoms with van der Waals surface area (Å²) in [5.74, 6) is -0.218. The van der Waals surface area contributed by atoms with Crippen LogP contribution in [0.5, 0.6) is 0 Å². The molecule has 1 aliphatic carbocycles. The molecular weight excluding hydrogens is 275 g/mol. The van der Waals surface area contributed by atoms with Gasteiger partial charge in [0.05, 0.1) is 11.7 Å². The second-order valence-electron chi connectivity index (χ2n) is 4.19. The molecule has 1 aromatic heterocycles. The molecule has 2 rings (SSSR count). The number of carbonyl (C=O) groups is 1. The quantitative estimate of drug-likeness (QED) is 0.867. The van der Waals surface area contributed by atoms with Crippen molar-refractivity contribution in [2.45, 2.75) is 31.9 Å². The highest BCUT2D eigenvalue weighted by atomic mass is 35.5. The fourth-order valence-electron chi connectivity index (χ4n) is 1.90. The van der Waals surface area contributed by atoms with E-state index in [1.165, 1.54) is 0 Å². The molecule has 0 radical (unpaired) electrons. The van der Waals surface area contributed by atoms with Crippen molar-refractivity contribution in [3.8, 4) is 0 Å². The van der Waals surface area contributed by atoms with Crippen molar-refractivity contribution in [3.63, 3.8) is 0 Å². The van der Waals surface area contributed by atoms with Gasteiger partial charge in [-0.25, -0.2) is 4.98 Å². The number of nitrogens with one attached hydrogen (secondary N) is 1. The third kappa shape index (κ3) is 3.13. The van der Waals surface area contributed by atoms with Crippen LogP contribution >= 0.6 is 23.2 Å². The third-order valence-electron chi connectivity index (χ3n) is 2.89. The molecule has 1 aromatic rings. The molecule has 0 bridgehead atoms. The number of amides is 1. The van der Waals surface area contributed by atoms with Crippen LogP contribution < -0.4 is 5.32 Å². The van der Waals surface area contributed by atoms with Gasteiger partial charge in [0.25, 0.3) is 5.91 Å². The van der Waals surface area contributed by atoms with E-state index in [-0.39, 0.29) is 28.4 Å². The largest absolute Gasteiger partial charge is 0.378 e. The first-order chi connectivity index (χ1) is 8.60. The highest BCUT2D eigenvalue weighted by Gasteiger charge is 2.31. The third-order valence-corrected chi connectivity index (χ3v) is 3.39. The second kappa shape index (κ2) is 5.87. The summed E-state index contributed by atoms with van der Waals surface area (Å²) in [6, 6.07) is 3.28. The minimum Gasteiger partial charge on any atom is -0.378 e. The van der Waals surface area contributed by atoms with Gasteiger partial charge in [-0.15, -0.1) is 0 Å². The summed E-state index contributed by atoms with van der Waals surface area (Å²) >= 11 is 11.5. The summed E-state index contributed by atoms with van der Waals surface area (Å²) in [6.45, 7) is 2.67. The van der Waals surface area contributed by atoms with Crippen molar-refractivity contribution in [2.24, 2.45) is 0 Å². The Hall–Kier alpha value is -0.840. The van der Waals surface area contributed by atoms with Crippen molar-refractivity contribution in [1.82, 2.24) is 10.3 Å². The first-order valence-corrected chi connectivity index (χ1v) is 6.60. The van der Waals surface area contributed by atoms with Crippen molar-refractivity contribution in [1.29, 1.82) is 0 Å². The lowest BCUT2D eigenvalue weighted by atomic mass is 9.89. The van der Waals surface area contributed by atoms with E-state index in [0.717, 1.165) is 12.8 Å². The zero-order valence-electron chi connectivity index (χ0n) is 9.95. The van der Waals surface area contributed by atoms with Crippen molar-refractivity contribution in [2.75, 3.05) is 6.61 Å². The summed E-state index contributed by atoms with van der Waals surface area (Å²) in [4.78, 5) is 15.8. The van der Waals surface area contributed by atoms with E-state index < -0.39 is 0 Å². The molecule has 0 spiro atoms. The predicted molar refractivity (Wildman–Crippen MR) is 70.2 cm³/mol. The van der Waals surface area contributed by atoms with E-state index in [4.69, 9.17) is 27.9 Å². The number of hydrogen-bond acceptors (Lipinski definition) is 3. The van der Waals surface area contributed by atoms with Gasteiger partial charge in [0.2, 0.25) is 0 Å². The van der Waals surface area contributed by atoms with Crippen molar-refractivity contribution < 1.29 is 9.53 Å². The second-order valence-corrected chi connectivity index (χ2v) is 4.94. The Morgan fingerprint density at radius 3 is 2.83 bits per heavy atom. The van der Waals surface area contributed by atoms with E-state index in [0.29, 0.717) is 12.2 Å². The number of carbonyl (C=O) groups excluding carboxylic acids is 1. The molecule has 0 atom stereocenters. The number of nitrogens with zero attached hydrogens (tertiary/aromatic N) is 1. The van der Waals surface area contributed by atoms with Crippen LogP contribution in [0.1, 0.15) is 30.1 Å². The van der Waals surface area contributed by atoms with Crippen LogP contribution in [0.3, 0.4) is 0 Å². The topological polar surface area (TPSA) is 51.2 Å². The Morgan fingerprint density at radius 2 is 2.22 bits per heavy atom. The van der Waals surface area contributed by atoms with Crippen molar-refractivity contribution >= 4 is 29.1 Å². The molecule has 1 aliphatic rings. The Bertz CT molecular complexity index is 448. The number of hydrogen-bond donors (Lipinski definition) is 1. The first kappa shape index (κ1) is 13.6. The lowest BCUT2D eigenvalue weighted by Gasteiger charge is -2.35. The Morgan fingerprint density at radius 1 is 1.50 bits per heavy atom. The number of pyridine rings is 1. The van der Waals surface area contributed by atoms with Crippen LogP contribution in [0.2, 0.25) is 10.3 Å². The van der Waals surface area contributed by atoms with Gasteiger partial charge in [-0.05, 0) is 31.9 Å². The number of rotatable bonds is 4. The van der Waals surface area contributed by atoms with E-state index in [1.54, 1.807) is 12.1 Å². The maximum absolute atomic E-state index is 11.9. The molecule has 98 valence electrons. The molecule has 1 saturated carbocycles. The Balaban J connectivity index is 1.89. The number of ether oxygens (including phenoxy) is 1. The zero-order valence-corrected chi connectivity index (χ0v) is 11.5. The minimum absolute atomic E-state index is 0.126. The molecule has 1 N–H and O–H groups in total. The summed E-state index contributed by atoms with van der Waals surface area (Å²) in [5.41, 5.74) is 0.348. The molecule has 1 amide bonds. The number of halogens is 2. The normalized spacial score (nSPS) is 22.4. The molecule has 0 unspecified atom stereocenters. The van der Waals surface area contributed by atoms with E-state index in [2.05, 4.69) is 10.3 Å². The molecule has 6 heteroatoms. The first-order valence-electron chi connectivity index (χ1n) is 5.84. The Labute approximate surface area is 116 Å². The van der Waals surface area contributed by atoms with E-state index >= 15 is 0 Å². The molecule has 0 aromatic carbocycles. The summed E-state index contributed by atoms with van der Waals surface area (Å²) in [7, 11) is 0. The van der Waals surface area contributed by atoms with Gasteiger partial charge < -0.3 is 10.1 Å². The van der Waals surface area contributed by atoms with Gasteiger partial charge in [-0.3, -0.25) is 4.79 Å². The standard InChI is InChI=1S/C12H14Cl2N2O2/c1-2-18-8-5-7(6-8)15-12(17)9-3-4-10(13)16-11(9)14/h3-4,7-8H,2,5-6H2,1H3,(H,15,17). The van der Waals surface area contributed by atoms with Gasteiger partial charge in [0.15, 0.2) is 0 Å². The summed E-state index contributed by atoms with van der Waals surface area (Å²) < 4.78 is 5.43. The summed E-state index contributed by atoms with van der Waals surface area (Å²) in [5, 5.41) is 3.30. The highest BCUT2D eigenvalue weighted by Crippen LogP contribution is 2.24. The lowest BCUT2D eigenvalue weighted by molar-refractivity contribution is -0.00862. The predicted octanol–water partition coefficient (Wildman–Crippen LogP) is 2.69. The highest BCUT2D eigenvalue weighted by molar-refractivity contribution is 6.34. The lowest BCUT2D eigenvalue weighted by Crippen LogP contribution is -2.47. The molecular formula is C12H14Cl2N2O2. The van der Waals surface area contributed by atoms with Gasteiger partial charge in [-0.1, -0.05) is 23.2 Å². The van der Waals surface area contributed by atoms with Gasteiger partial charge >= 0.3 is 0 Å². The monoisotopic (exact) mass is 288 g/mol. The smallest absolute Gasteiger partial charge is 0.254 e. The van der Waals surface area contributed by atoms with Crippen LogP contribution in [0.15, 0.2) is 12.1 Å². The average Bonchev–Trinajstić information content (AvgIpc) is 2.26. The van der Waals surface area contributed by atoms with Crippen molar-refractivity contribution in [3.05, 3.63) is 28.0 Å².